The van der Waals surface area contributed by atoms with Crippen LogP contribution in [0.15, 0.2) is 17.5 Å². The molecule has 120 valence electrons. The molecule has 6 nitrogen and oxygen atoms in total. The minimum atomic E-state index is -0.794. The van der Waals surface area contributed by atoms with E-state index < -0.39 is 12.0 Å². The number of thiophene rings is 1. The van der Waals surface area contributed by atoms with Gasteiger partial charge in [-0.25, -0.2) is 0 Å². The molecule has 1 N–H and O–H groups in total. The molecule has 0 aliphatic carbocycles. The summed E-state index contributed by atoms with van der Waals surface area (Å²) >= 11 is 1.32. The highest BCUT2D eigenvalue weighted by atomic mass is 32.1. The predicted octanol–water partition coefficient (Wildman–Crippen LogP) is 1.42. The Hall–Kier alpha value is -1.89. The minimum Gasteiger partial charge on any atom is -0.466 e. The van der Waals surface area contributed by atoms with E-state index in [-0.39, 0.29) is 18.2 Å². The lowest BCUT2D eigenvalue weighted by Gasteiger charge is -2.34. The van der Waals surface area contributed by atoms with E-state index in [9.17, 15) is 14.4 Å². The van der Waals surface area contributed by atoms with Gasteiger partial charge in [0.05, 0.1) is 17.9 Å². The van der Waals surface area contributed by atoms with Crippen LogP contribution in [0.25, 0.3) is 0 Å². The number of hydrogen-bond donors (Lipinski definition) is 1. The van der Waals surface area contributed by atoms with Crippen LogP contribution in [0.3, 0.4) is 0 Å². The molecule has 1 atom stereocenters. The number of nitrogens with zero attached hydrogens (tertiary/aromatic N) is 1. The van der Waals surface area contributed by atoms with Crippen LogP contribution in [-0.2, 0) is 14.3 Å². The third-order valence-electron chi connectivity index (χ3n) is 3.44. The van der Waals surface area contributed by atoms with E-state index in [4.69, 9.17) is 4.74 Å². The number of carbonyl (C=O) groups is 3. The normalized spacial score (nSPS) is 18.0. The zero-order valence-electron chi connectivity index (χ0n) is 12.5. The molecular formula is C15H20N2O4S. The number of piperazine rings is 1. The van der Waals surface area contributed by atoms with Crippen molar-refractivity contribution in [3.8, 4) is 0 Å². The summed E-state index contributed by atoms with van der Waals surface area (Å²) in [6, 6.07) is 2.71. The van der Waals surface area contributed by atoms with Gasteiger partial charge in [-0.1, -0.05) is 19.4 Å². The Morgan fingerprint density at radius 1 is 1.50 bits per heavy atom. The Balaban J connectivity index is 2.02. The highest BCUT2D eigenvalue weighted by molar-refractivity contribution is 7.12. The molecule has 1 aromatic heterocycles. The van der Waals surface area contributed by atoms with Crippen LogP contribution in [0.4, 0.5) is 0 Å². The van der Waals surface area contributed by atoms with Crippen molar-refractivity contribution in [2.45, 2.75) is 32.2 Å². The summed E-state index contributed by atoms with van der Waals surface area (Å²) in [7, 11) is 0. The van der Waals surface area contributed by atoms with Gasteiger partial charge in [-0.05, 0) is 17.9 Å². The van der Waals surface area contributed by atoms with Crippen LogP contribution < -0.4 is 5.32 Å². The number of carbonyl (C=O) groups excluding carboxylic acids is 3. The Labute approximate surface area is 133 Å². The van der Waals surface area contributed by atoms with Crippen LogP contribution in [0.1, 0.15) is 35.9 Å². The van der Waals surface area contributed by atoms with Crippen molar-refractivity contribution in [2.75, 3.05) is 19.7 Å². The van der Waals surface area contributed by atoms with E-state index in [1.807, 2.05) is 12.3 Å². The molecule has 1 aromatic rings. The summed E-state index contributed by atoms with van der Waals surface area (Å²) in [5.41, 5.74) is 0. The van der Waals surface area contributed by atoms with E-state index in [1.54, 1.807) is 12.1 Å². The summed E-state index contributed by atoms with van der Waals surface area (Å²) in [4.78, 5) is 38.4. The molecule has 2 amide bonds. The van der Waals surface area contributed by atoms with Gasteiger partial charge in [0, 0.05) is 13.1 Å². The van der Waals surface area contributed by atoms with Crippen LogP contribution in [0.5, 0.6) is 0 Å². The highest BCUT2D eigenvalue weighted by Crippen LogP contribution is 2.17. The number of unbranched alkanes of at least 4 members (excludes halogenated alkanes) is 1. The first-order valence-corrected chi connectivity index (χ1v) is 8.29. The minimum absolute atomic E-state index is 0.105. The molecule has 1 saturated heterocycles. The zero-order valence-corrected chi connectivity index (χ0v) is 13.4. The summed E-state index contributed by atoms with van der Waals surface area (Å²) < 4.78 is 5.10. The molecule has 0 spiro atoms. The lowest BCUT2D eigenvalue weighted by atomic mass is 10.1. The van der Waals surface area contributed by atoms with Gasteiger partial charge in [0.25, 0.3) is 5.91 Å². The lowest BCUT2D eigenvalue weighted by molar-refractivity contribution is -0.147. The molecule has 0 bridgehead atoms. The Bertz CT molecular complexity index is 530. The Morgan fingerprint density at radius 3 is 3.00 bits per heavy atom. The fraction of sp³-hybridized carbons (Fsp3) is 0.533. The first kappa shape index (κ1) is 16.5. The van der Waals surface area contributed by atoms with Gasteiger partial charge in [0.1, 0.15) is 6.04 Å². The summed E-state index contributed by atoms with van der Waals surface area (Å²) in [6.45, 7) is 3.15. The fourth-order valence-corrected chi connectivity index (χ4v) is 2.93. The monoisotopic (exact) mass is 324 g/mol. The zero-order chi connectivity index (χ0) is 15.9. The maximum atomic E-state index is 12.5. The number of hydrogen-bond acceptors (Lipinski definition) is 5. The van der Waals surface area contributed by atoms with Gasteiger partial charge in [0.15, 0.2) is 0 Å². The number of nitrogens with one attached hydrogen (secondary N) is 1. The van der Waals surface area contributed by atoms with E-state index in [0.717, 1.165) is 12.8 Å². The molecular weight excluding hydrogens is 304 g/mol. The van der Waals surface area contributed by atoms with Crippen molar-refractivity contribution < 1.29 is 19.1 Å². The van der Waals surface area contributed by atoms with Crippen LogP contribution in [-0.4, -0.2) is 48.4 Å². The van der Waals surface area contributed by atoms with E-state index in [1.165, 1.54) is 16.2 Å². The molecule has 1 aliphatic rings. The molecule has 1 unspecified atom stereocenters. The maximum Gasteiger partial charge on any atom is 0.308 e. The van der Waals surface area contributed by atoms with Crippen molar-refractivity contribution in [1.29, 1.82) is 0 Å². The van der Waals surface area contributed by atoms with Crippen molar-refractivity contribution in [3.05, 3.63) is 22.4 Å². The van der Waals surface area contributed by atoms with Gasteiger partial charge in [-0.3, -0.25) is 14.4 Å². The van der Waals surface area contributed by atoms with Gasteiger partial charge in [0.2, 0.25) is 5.91 Å². The second kappa shape index (κ2) is 7.93. The van der Waals surface area contributed by atoms with Crippen molar-refractivity contribution >= 4 is 29.1 Å². The highest BCUT2D eigenvalue weighted by Gasteiger charge is 2.35. The summed E-state index contributed by atoms with van der Waals surface area (Å²) in [5.74, 6) is -0.959. The average molecular weight is 324 g/mol. The second-order valence-electron chi connectivity index (χ2n) is 5.06. The van der Waals surface area contributed by atoms with Gasteiger partial charge in [-0.2, -0.15) is 0 Å². The lowest BCUT2D eigenvalue weighted by Crippen LogP contribution is -2.57. The molecule has 1 fully saturated rings. The summed E-state index contributed by atoms with van der Waals surface area (Å²) in [5, 5.41) is 4.51. The topological polar surface area (TPSA) is 75.7 Å². The molecule has 0 saturated carbocycles. The van der Waals surface area contributed by atoms with Crippen LogP contribution in [0, 0.1) is 0 Å². The number of ether oxygens (including phenoxy) is 1. The second-order valence-corrected chi connectivity index (χ2v) is 6.01. The molecule has 2 heterocycles. The molecule has 0 aromatic carbocycles. The summed E-state index contributed by atoms with van der Waals surface area (Å²) in [6.07, 6.45) is 1.62. The van der Waals surface area contributed by atoms with Gasteiger partial charge >= 0.3 is 5.97 Å². The van der Waals surface area contributed by atoms with Gasteiger partial charge < -0.3 is 15.0 Å². The molecule has 22 heavy (non-hydrogen) atoms. The maximum absolute atomic E-state index is 12.5. The average Bonchev–Trinajstić information content (AvgIpc) is 3.03. The molecule has 2 rings (SSSR count). The molecule has 1 aliphatic heterocycles. The van der Waals surface area contributed by atoms with Crippen molar-refractivity contribution in [3.63, 3.8) is 0 Å². The van der Waals surface area contributed by atoms with Crippen LogP contribution >= 0.6 is 11.3 Å². The molecule has 7 heteroatoms. The van der Waals surface area contributed by atoms with Crippen molar-refractivity contribution in [1.82, 2.24) is 10.2 Å². The third kappa shape index (κ3) is 4.07. The van der Waals surface area contributed by atoms with Crippen molar-refractivity contribution in [2.24, 2.45) is 0 Å². The number of rotatable bonds is 6. The van der Waals surface area contributed by atoms with E-state index >= 15 is 0 Å². The Kier molecular flexibility index (Phi) is 5.94. The third-order valence-corrected chi connectivity index (χ3v) is 4.30. The SMILES string of the molecule is CCCCOC(=O)CC1C(=O)NCCN1C(=O)c1cccs1. The van der Waals surface area contributed by atoms with Gasteiger partial charge in [-0.15, -0.1) is 11.3 Å². The fourth-order valence-electron chi connectivity index (χ4n) is 2.25. The number of amides is 2. The number of esters is 1. The molecule has 0 radical (unpaired) electrons. The smallest absolute Gasteiger partial charge is 0.308 e. The van der Waals surface area contributed by atoms with Crippen LogP contribution in [0.2, 0.25) is 0 Å². The predicted molar refractivity (Wildman–Crippen MR) is 82.6 cm³/mol. The first-order chi connectivity index (χ1) is 10.6. The van der Waals surface area contributed by atoms with E-state index in [2.05, 4.69) is 5.32 Å². The Morgan fingerprint density at radius 2 is 2.32 bits per heavy atom. The standard InChI is InChI=1S/C15H20N2O4S/c1-2-3-8-21-13(18)10-11-14(19)16-6-7-17(11)15(20)12-5-4-9-22-12/h4-5,9,11H,2-3,6-8,10H2,1H3,(H,16,19). The van der Waals surface area contributed by atoms with E-state index in [0.29, 0.717) is 24.6 Å². The largest absolute Gasteiger partial charge is 0.466 e. The quantitative estimate of drug-likeness (QED) is 0.634. The first-order valence-electron chi connectivity index (χ1n) is 7.41.